The number of nitrogens with one attached hydrogen (secondary N) is 1. The summed E-state index contributed by atoms with van der Waals surface area (Å²) in [4.78, 5) is 17.7. The highest BCUT2D eigenvalue weighted by molar-refractivity contribution is 5.69. The van der Waals surface area contributed by atoms with Gasteiger partial charge in [-0.2, -0.15) is 0 Å². The minimum absolute atomic E-state index is 0.118. The molecule has 0 unspecified atom stereocenters. The van der Waals surface area contributed by atoms with Crippen molar-refractivity contribution in [3.8, 4) is 0 Å². The van der Waals surface area contributed by atoms with E-state index in [9.17, 15) is 4.79 Å². The summed E-state index contributed by atoms with van der Waals surface area (Å²) in [5.41, 5.74) is 6.08. The van der Waals surface area contributed by atoms with Crippen LogP contribution in [0.25, 0.3) is 0 Å². The molecule has 0 aliphatic carbocycles. The van der Waals surface area contributed by atoms with Crippen LogP contribution in [0.2, 0.25) is 0 Å². The first-order chi connectivity index (χ1) is 8.83. The molecule has 104 valence electrons. The first-order valence-electron chi connectivity index (χ1n) is 6.29. The van der Waals surface area contributed by atoms with E-state index in [4.69, 9.17) is 10.5 Å². The number of ether oxygens (including phenoxy) is 1. The lowest BCUT2D eigenvalue weighted by molar-refractivity contribution is 0.0496. The van der Waals surface area contributed by atoms with Gasteiger partial charge in [-0.15, -0.1) is 0 Å². The van der Waals surface area contributed by atoms with E-state index in [-0.39, 0.29) is 12.1 Å². The number of hydrogen-bond acceptors (Lipinski definition) is 5. The average Bonchev–Trinajstić information content (AvgIpc) is 2.22. The van der Waals surface area contributed by atoms with Crippen LogP contribution >= 0.6 is 0 Å². The highest BCUT2D eigenvalue weighted by atomic mass is 16.6. The molecule has 1 saturated heterocycles. The van der Waals surface area contributed by atoms with E-state index in [1.807, 2.05) is 26.8 Å². The Morgan fingerprint density at radius 3 is 2.68 bits per heavy atom. The number of carbonyl (C=O) groups excluding carboxylic acids is 1. The molecule has 3 N–H and O–H groups in total. The maximum atomic E-state index is 11.6. The van der Waals surface area contributed by atoms with Gasteiger partial charge in [-0.3, -0.25) is 0 Å². The molecule has 2 rings (SSSR count). The van der Waals surface area contributed by atoms with Crippen LogP contribution in [0.15, 0.2) is 18.3 Å². The molecule has 1 fully saturated rings. The Morgan fingerprint density at radius 2 is 2.16 bits per heavy atom. The number of nitrogens with two attached hydrogens (primary N) is 1. The highest BCUT2D eigenvalue weighted by Crippen LogP contribution is 2.20. The van der Waals surface area contributed by atoms with E-state index in [0.29, 0.717) is 5.82 Å². The molecule has 0 spiro atoms. The fraction of sp³-hybridized carbons (Fsp3) is 0.538. The molecule has 19 heavy (non-hydrogen) atoms. The maximum absolute atomic E-state index is 11.6. The Bertz CT molecular complexity index is 447. The number of amides is 1. The topological polar surface area (TPSA) is 80.5 Å². The number of carbonyl (C=O) groups is 1. The van der Waals surface area contributed by atoms with Crippen LogP contribution in [0.4, 0.5) is 16.3 Å². The molecule has 6 heteroatoms. The Kier molecular flexibility index (Phi) is 3.50. The van der Waals surface area contributed by atoms with E-state index in [1.165, 1.54) is 0 Å². The van der Waals surface area contributed by atoms with Gasteiger partial charge in [0.1, 0.15) is 11.4 Å². The second-order valence-electron chi connectivity index (χ2n) is 5.69. The lowest BCUT2D eigenvalue weighted by Gasteiger charge is -2.41. The minimum atomic E-state index is -0.464. The number of rotatable bonds is 2. The summed E-state index contributed by atoms with van der Waals surface area (Å²) < 4.78 is 5.20. The number of anilines is 2. The number of nitrogens with zero attached hydrogens (tertiary/aromatic N) is 2. The number of nitrogen functional groups attached to an aromatic ring is 1. The molecule has 1 aromatic rings. The Morgan fingerprint density at radius 1 is 1.47 bits per heavy atom. The molecule has 0 bridgehead atoms. The van der Waals surface area contributed by atoms with Gasteiger partial charge >= 0.3 is 6.09 Å². The predicted octanol–water partition coefficient (Wildman–Crippen LogP) is 1.38. The largest absolute Gasteiger partial charge is 0.444 e. The van der Waals surface area contributed by atoms with Gasteiger partial charge in [0.25, 0.3) is 0 Å². The molecular weight excluding hydrogens is 244 g/mol. The van der Waals surface area contributed by atoms with Gasteiger partial charge in [-0.1, -0.05) is 0 Å². The van der Waals surface area contributed by atoms with Gasteiger partial charge in [0.15, 0.2) is 0 Å². The molecule has 1 aliphatic heterocycles. The van der Waals surface area contributed by atoms with E-state index >= 15 is 0 Å². The van der Waals surface area contributed by atoms with Crippen molar-refractivity contribution < 1.29 is 9.53 Å². The van der Waals surface area contributed by atoms with Crippen LogP contribution < -0.4 is 16.0 Å². The molecule has 2 heterocycles. The quantitative estimate of drug-likeness (QED) is 0.843. The fourth-order valence-corrected chi connectivity index (χ4v) is 1.84. The first-order valence-corrected chi connectivity index (χ1v) is 6.29. The molecule has 1 aliphatic rings. The van der Waals surface area contributed by atoms with Crippen LogP contribution in [-0.4, -0.2) is 35.8 Å². The summed E-state index contributed by atoms with van der Waals surface area (Å²) in [5.74, 6) is 0.507. The third-order valence-corrected chi connectivity index (χ3v) is 2.74. The Hall–Kier alpha value is -1.98. The molecule has 0 radical (unpaired) electrons. The third-order valence-electron chi connectivity index (χ3n) is 2.74. The van der Waals surface area contributed by atoms with Crippen LogP contribution in [-0.2, 0) is 4.74 Å². The van der Waals surface area contributed by atoms with Gasteiger partial charge in [0.2, 0.25) is 0 Å². The van der Waals surface area contributed by atoms with Crippen molar-refractivity contribution >= 4 is 17.6 Å². The van der Waals surface area contributed by atoms with Crippen molar-refractivity contribution in [2.24, 2.45) is 0 Å². The normalized spacial score (nSPS) is 15.8. The average molecular weight is 264 g/mol. The molecule has 0 aromatic carbocycles. The summed E-state index contributed by atoms with van der Waals surface area (Å²) in [7, 11) is 0. The summed E-state index contributed by atoms with van der Waals surface area (Å²) >= 11 is 0. The van der Waals surface area contributed by atoms with Crippen molar-refractivity contribution in [3.05, 3.63) is 18.3 Å². The second-order valence-corrected chi connectivity index (χ2v) is 5.69. The van der Waals surface area contributed by atoms with E-state index in [2.05, 4.69) is 15.2 Å². The number of alkyl carbamates (subject to hydrolysis) is 1. The fourth-order valence-electron chi connectivity index (χ4n) is 1.84. The molecule has 1 aromatic heterocycles. The maximum Gasteiger partial charge on any atom is 0.407 e. The highest BCUT2D eigenvalue weighted by Gasteiger charge is 2.29. The van der Waals surface area contributed by atoms with E-state index < -0.39 is 5.60 Å². The molecule has 1 amide bonds. The van der Waals surface area contributed by atoms with Gasteiger partial charge < -0.3 is 20.7 Å². The van der Waals surface area contributed by atoms with Crippen LogP contribution in [0.3, 0.4) is 0 Å². The summed E-state index contributed by atoms with van der Waals surface area (Å²) in [5, 5.41) is 2.84. The monoisotopic (exact) mass is 264 g/mol. The number of pyridine rings is 1. The van der Waals surface area contributed by atoms with Crippen LogP contribution in [0, 0.1) is 0 Å². The summed E-state index contributed by atoms with van der Waals surface area (Å²) in [6.45, 7) is 7.05. The van der Waals surface area contributed by atoms with Crippen LogP contribution in [0.5, 0.6) is 0 Å². The predicted molar refractivity (Wildman–Crippen MR) is 74.0 cm³/mol. The van der Waals surface area contributed by atoms with Gasteiger partial charge in [0.05, 0.1) is 17.9 Å². The zero-order valence-corrected chi connectivity index (χ0v) is 11.5. The van der Waals surface area contributed by atoms with Gasteiger partial charge in [-0.25, -0.2) is 9.78 Å². The van der Waals surface area contributed by atoms with Crippen LogP contribution in [0.1, 0.15) is 20.8 Å². The standard InChI is InChI=1S/C13H20N4O2/c1-13(2,3)19-12(18)16-9-7-17(8-9)10-4-5-11(14)15-6-10/h4-6,9H,7-8H2,1-3H3,(H2,14,15)(H,16,18). The molecular formula is C13H20N4O2. The molecule has 0 saturated carbocycles. The lowest BCUT2D eigenvalue weighted by Crippen LogP contribution is -2.60. The molecule has 0 atom stereocenters. The minimum Gasteiger partial charge on any atom is -0.444 e. The number of hydrogen-bond donors (Lipinski definition) is 2. The van der Waals surface area contributed by atoms with Crippen molar-refractivity contribution in [1.82, 2.24) is 10.3 Å². The SMILES string of the molecule is CC(C)(C)OC(=O)NC1CN(c2ccc(N)nc2)C1. The first kappa shape index (κ1) is 13.5. The third kappa shape index (κ3) is 3.74. The van der Waals surface area contributed by atoms with Crippen molar-refractivity contribution in [2.75, 3.05) is 23.7 Å². The van der Waals surface area contributed by atoms with Crippen molar-refractivity contribution in [2.45, 2.75) is 32.4 Å². The van der Waals surface area contributed by atoms with Crippen molar-refractivity contribution in [1.29, 1.82) is 0 Å². The second kappa shape index (κ2) is 4.95. The smallest absolute Gasteiger partial charge is 0.407 e. The van der Waals surface area contributed by atoms with E-state index in [0.717, 1.165) is 18.8 Å². The lowest BCUT2D eigenvalue weighted by atomic mass is 10.1. The Balaban J connectivity index is 1.77. The molecule has 6 nitrogen and oxygen atoms in total. The van der Waals surface area contributed by atoms with Gasteiger partial charge in [-0.05, 0) is 32.9 Å². The van der Waals surface area contributed by atoms with E-state index in [1.54, 1.807) is 12.3 Å². The summed E-state index contributed by atoms with van der Waals surface area (Å²) in [6, 6.07) is 3.81. The number of aromatic nitrogens is 1. The summed E-state index contributed by atoms with van der Waals surface area (Å²) in [6.07, 6.45) is 1.37. The van der Waals surface area contributed by atoms with Gasteiger partial charge in [0, 0.05) is 13.1 Å². The zero-order valence-electron chi connectivity index (χ0n) is 11.5. The Labute approximate surface area is 112 Å². The van der Waals surface area contributed by atoms with Crippen molar-refractivity contribution in [3.63, 3.8) is 0 Å². The zero-order chi connectivity index (χ0) is 14.0.